The van der Waals surface area contributed by atoms with E-state index in [-0.39, 0.29) is 30.8 Å². The molecule has 1 fully saturated rings. The molecule has 1 saturated carbocycles. The van der Waals surface area contributed by atoms with Crippen molar-refractivity contribution in [3.63, 3.8) is 0 Å². The van der Waals surface area contributed by atoms with Gasteiger partial charge in [0.15, 0.2) is 0 Å². The van der Waals surface area contributed by atoms with Gasteiger partial charge in [-0.3, -0.25) is 19.0 Å². The first-order chi connectivity index (χ1) is 17.5. The van der Waals surface area contributed by atoms with Crippen molar-refractivity contribution in [3.8, 4) is 5.69 Å². The summed E-state index contributed by atoms with van der Waals surface area (Å²) in [5.74, 6) is -0.386. The summed E-state index contributed by atoms with van der Waals surface area (Å²) in [6, 6.07) is 13.6. The first-order valence-electron chi connectivity index (χ1n) is 12.4. The molecule has 4 rings (SSSR count). The van der Waals surface area contributed by atoms with E-state index in [0.29, 0.717) is 29.7 Å². The second-order valence-corrected chi connectivity index (χ2v) is 9.11. The molecule has 2 amide bonds. The zero-order valence-electron chi connectivity index (χ0n) is 20.5. The van der Waals surface area contributed by atoms with Gasteiger partial charge in [0.1, 0.15) is 6.54 Å². The molecular formula is C27H32N4O5. The number of fused-ring (bicyclic) bond motifs is 1. The number of nitrogens with one attached hydrogen (secondary N) is 2. The van der Waals surface area contributed by atoms with E-state index in [4.69, 9.17) is 4.74 Å². The molecule has 0 aliphatic heterocycles. The number of aromatic nitrogens is 2. The van der Waals surface area contributed by atoms with Crippen LogP contribution in [0.1, 0.15) is 37.7 Å². The number of carbonyl (C=O) groups excluding carboxylic acids is 2. The third-order valence-corrected chi connectivity index (χ3v) is 6.51. The number of amides is 2. The van der Waals surface area contributed by atoms with E-state index in [0.717, 1.165) is 35.8 Å². The number of ether oxygens (including phenoxy) is 1. The minimum Gasteiger partial charge on any atom is -0.383 e. The van der Waals surface area contributed by atoms with Crippen LogP contribution in [0.4, 0.5) is 0 Å². The smallest absolute Gasteiger partial charge is 0.336 e. The number of nitrogens with zero attached hydrogens (tertiary/aromatic N) is 2. The number of rotatable bonds is 9. The lowest BCUT2D eigenvalue weighted by atomic mass is 9.95. The Hall–Kier alpha value is -3.72. The van der Waals surface area contributed by atoms with E-state index in [1.165, 1.54) is 11.0 Å². The van der Waals surface area contributed by atoms with Gasteiger partial charge in [-0.15, -0.1) is 0 Å². The number of benzene rings is 2. The minimum absolute atomic E-state index is 0.123. The fourth-order valence-electron chi connectivity index (χ4n) is 4.67. The lowest BCUT2D eigenvalue weighted by molar-refractivity contribution is -0.122. The summed E-state index contributed by atoms with van der Waals surface area (Å²) in [6.45, 7) is 0.685. The monoisotopic (exact) mass is 492 g/mol. The Kier molecular flexibility index (Phi) is 8.32. The predicted molar refractivity (Wildman–Crippen MR) is 137 cm³/mol. The predicted octanol–water partition coefficient (Wildman–Crippen LogP) is 1.91. The van der Waals surface area contributed by atoms with Crippen LogP contribution in [0.3, 0.4) is 0 Å². The molecule has 0 unspecified atom stereocenters. The third-order valence-electron chi connectivity index (χ3n) is 6.51. The van der Waals surface area contributed by atoms with Gasteiger partial charge in [0.25, 0.3) is 5.56 Å². The van der Waals surface area contributed by atoms with Crippen molar-refractivity contribution in [3.05, 3.63) is 74.9 Å². The van der Waals surface area contributed by atoms with E-state index < -0.39 is 11.2 Å². The van der Waals surface area contributed by atoms with Gasteiger partial charge in [-0.05, 0) is 42.7 Å². The lowest BCUT2D eigenvalue weighted by Crippen LogP contribution is -2.44. The first-order valence-corrected chi connectivity index (χ1v) is 12.4. The van der Waals surface area contributed by atoms with Crippen molar-refractivity contribution in [2.24, 2.45) is 0 Å². The molecule has 190 valence electrons. The molecule has 2 aromatic carbocycles. The van der Waals surface area contributed by atoms with Crippen molar-refractivity contribution in [1.82, 2.24) is 19.8 Å². The van der Waals surface area contributed by atoms with Crippen LogP contribution in [-0.2, 0) is 27.3 Å². The topological polar surface area (TPSA) is 111 Å². The van der Waals surface area contributed by atoms with E-state index in [9.17, 15) is 19.2 Å². The van der Waals surface area contributed by atoms with Crippen molar-refractivity contribution >= 4 is 22.7 Å². The molecule has 0 spiro atoms. The Bertz CT molecular complexity index is 1340. The molecule has 36 heavy (non-hydrogen) atoms. The Morgan fingerprint density at radius 2 is 1.69 bits per heavy atom. The zero-order chi connectivity index (χ0) is 25.5. The molecule has 0 bridgehead atoms. The molecule has 9 nitrogen and oxygen atoms in total. The van der Waals surface area contributed by atoms with Gasteiger partial charge in [-0.2, -0.15) is 0 Å². The highest BCUT2D eigenvalue weighted by Crippen LogP contribution is 2.17. The van der Waals surface area contributed by atoms with Crippen LogP contribution >= 0.6 is 0 Å². The van der Waals surface area contributed by atoms with Crippen LogP contribution in [0.2, 0.25) is 0 Å². The Labute approximate surface area is 209 Å². The summed E-state index contributed by atoms with van der Waals surface area (Å²) in [6.07, 6.45) is 5.41. The number of hydrogen-bond acceptors (Lipinski definition) is 5. The number of carbonyl (C=O) groups is 2. The fourth-order valence-corrected chi connectivity index (χ4v) is 4.67. The standard InChI is InChI=1S/C27H32N4O5/c1-36-16-15-28-24(32)17-19-11-13-21(14-12-19)31-26(34)22-9-5-6-10-23(22)30(27(31)35)18-25(33)29-20-7-3-2-4-8-20/h5-6,9-14,20H,2-4,7-8,15-18H2,1H3,(H,28,32)(H,29,33). The van der Waals surface area contributed by atoms with Gasteiger partial charge in [-0.25, -0.2) is 9.36 Å². The van der Waals surface area contributed by atoms with Gasteiger partial charge in [-0.1, -0.05) is 43.5 Å². The summed E-state index contributed by atoms with van der Waals surface area (Å²) in [5, 5.41) is 6.16. The largest absolute Gasteiger partial charge is 0.383 e. The molecule has 1 aromatic heterocycles. The van der Waals surface area contributed by atoms with E-state index in [2.05, 4.69) is 10.6 Å². The average Bonchev–Trinajstić information content (AvgIpc) is 2.88. The number of para-hydroxylation sites is 1. The van der Waals surface area contributed by atoms with Crippen molar-refractivity contribution < 1.29 is 14.3 Å². The third kappa shape index (κ3) is 5.91. The van der Waals surface area contributed by atoms with Gasteiger partial charge in [0.2, 0.25) is 11.8 Å². The van der Waals surface area contributed by atoms with Gasteiger partial charge in [0.05, 0.1) is 29.6 Å². The Balaban J connectivity index is 1.62. The molecular weight excluding hydrogens is 460 g/mol. The highest BCUT2D eigenvalue weighted by Gasteiger charge is 2.19. The molecule has 2 N–H and O–H groups in total. The van der Waals surface area contributed by atoms with Crippen LogP contribution in [0.25, 0.3) is 16.6 Å². The number of hydrogen-bond donors (Lipinski definition) is 2. The SMILES string of the molecule is COCCNC(=O)Cc1ccc(-n2c(=O)c3ccccc3n(CC(=O)NC3CCCCC3)c2=O)cc1. The molecule has 1 heterocycles. The van der Waals surface area contributed by atoms with Gasteiger partial charge < -0.3 is 15.4 Å². The number of methoxy groups -OCH3 is 1. The van der Waals surface area contributed by atoms with E-state index >= 15 is 0 Å². The van der Waals surface area contributed by atoms with Gasteiger partial charge >= 0.3 is 5.69 Å². The van der Waals surface area contributed by atoms with E-state index in [1.807, 2.05) is 0 Å². The van der Waals surface area contributed by atoms with Crippen LogP contribution in [0, 0.1) is 0 Å². The highest BCUT2D eigenvalue weighted by molar-refractivity contribution is 5.82. The van der Waals surface area contributed by atoms with Crippen LogP contribution in [0.5, 0.6) is 0 Å². The molecule has 3 aromatic rings. The lowest BCUT2D eigenvalue weighted by Gasteiger charge is -2.23. The summed E-state index contributed by atoms with van der Waals surface area (Å²) >= 11 is 0. The molecule has 0 saturated heterocycles. The maximum absolute atomic E-state index is 13.5. The molecule has 1 aliphatic rings. The van der Waals surface area contributed by atoms with Crippen molar-refractivity contribution in [1.29, 1.82) is 0 Å². The maximum atomic E-state index is 13.5. The van der Waals surface area contributed by atoms with Crippen molar-refractivity contribution in [2.75, 3.05) is 20.3 Å². The summed E-state index contributed by atoms with van der Waals surface area (Å²) in [5.41, 5.74) is 0.509. The summed E-state index contributed by atoms with van der Waals surface area (Å²) in [4.78, 5) is 51.7. The minimum atomic E-state index is -0.581. The van der Waals surface area contributed by atoms with Crippen LogP contribution in [-0.4, -0.2) is 47.3 Å². The quantitative estimate of drug-likeness (QED) is 0.443. The van der Waals surface area contributed by atoms with Crippen LogP contribution in [0.15, 0.2) is 58.1 Å². The molecule has 1 aliphatic carbocycles. The van der Waals surface area contributed by atoms with Crippen LogP contribution < -0.4 is 21.9 Å². The highest BCUT2D eigenvalue weighted by atomic mass is 16.5. The zero-order valence-corrected chi connectivity index (χ0v) is 20.5. The maximum Gasteiger partial charge on any atom is 0.336 e. The Morgan fingerprint density at radius 3 is 2.42 bits per heavy atom. The van der Waals surface area contributed by atoms with E-state index in [1.54, 1.807) is 55.6 Å². The normalized spacial score (nSPS) is 14.0. The summed E-state index contributed by atoms with van der Waals surface area (Å²) in [7, 11) is 1.57. The van der Waals surface area contributed by atoms with Gasteiger partial charge in [0, 0.05) is 19.7 Å². The first kappa shape index (κ1) is 25.4. The fraction of sp³-hybridized carbons (Fsp3) is 0.407. The molecule has 0 radical (unpaired) electrons. The molecule has 0 atom stereocenters. The Morgan fingerprint density at radius 1 is 0.972 bits per heavy atom. The molecule has 9 heteroatoms. The second-order valence-electron chi connectivity index (χ2n) is 9.11. The average molecular weight is 493 g/mol. The summed E-state index contributed by atoms with van der Waals surface area (Å²) < 4.78 is 7.36. The van der Waals surface area contributed by atoms with Crippen molar-refractivity contribution in [2.45, 2.75) is 51.1 Å². The second kappa shape index (κ2) is 11.8.